The Morgan fingerprint density at radius 3 is 1.37 bits per heavy atom. The van der Waals surface area contributed by atoms with Gasteiger partial charge in [0.25, 0.3) is 0 Å². The number of fused-ring (bicyclic) bond motifs is 7. The first-order chi connectivity index (χ1) is 29.1. The Bertz CT molecular complexity index is 3230. The van der Waals surface area contributed by atoms with Gasteiger partial charge < -0.3 is 0 Å². The Balaban J connectivity index is 0.000000143. The summed E-state index contributed by atoms with van der Waals surface area (Å²) in [6.45, 7) is 12.7. The number of benzene rings is 11. The second-order valence-electron chi connectivity index (χ2n) is 15.6. The lowest BCUT2D eigenvalue weighted by Crippen LogP contribution is -2.14. The van der Waals surface area contributed by atoms with Gasteiger partial charge in [0.15, 0.2) is 0 Å². The fraction of sp³-hybridized carbons (Fsp3) is 0.119. The zero-order valence-electron chi connectivity index (χ0n) is 35.0. The van der Waals surface area contributed by atoms with E-state index in [2.05, 4.69) is 208 Å². The van der Waals surface area contributed by atoms with E-state index in [9.17, 15) is 0 Å². The van der Waals surface area contributed by atoms with E-state index in [0.717, 1.165) is 0 Å². The fourth-order valence-corrected chi connectivity index (χ4v) is 9.69. The normalized spacial score (nSPS) is 12.4. The first-order valence-electron chi connectivity index (χ1n) is 21.4. The second kappa shape index (κ2) is 15.5. The van der Waals surface area contributed by atoms with Crippen LogP contribution in [0.5, 0.6) is 0 Å². The van der Waals surface area contributed by atoms with Gasteiger partial charge in [-0.05, 0) is 115 Å². The fourth-order valence-electron chi connectivity index (χ4n) is 9.69. The molecule has 0 saturated carbocycles. The number of hydrogen-bond donors (Lipinski definition) is 0. The Labute approximate surface area is 348 Å². The van der Waals surface area contributed by atoms with E-state index < -0.39 is 0 Å². The molecule has 0 unspecified atom stereocenters. The average Bonchev–Trinajstić information content (AvgIpc) is 3.54. The zero-order chi connectivity index (χ0) is 40.7. The van der Waals surface area contributed by atoms with Gasteiger partial charge in [0, 0.05) is 5.41 Å². The first-order valence-corrected chi connectivity index (χ1v) is 21.4. The topological polar surface area (TPSA) is 0 Å². The van der Waals surface area contributed by atoms with Crippen LogP contribution in [0, 0.1) is 0 Å². The molecular weight excluding hydrogens is 709 g/mol. The van der Waals surface area contributed by atoms with Crippen LogP contribution in [0.3, 0.4) is 0 Å². The van der Waals surface area contributed by atoms with Crippen LogP contribution in [0.4, 0.5) is 0 Å². The van der Waals surface area contributed by atoms with Crippen molar-refractivity contribution in [3.8, 4) is 33.4 Å². The van der Waals surface area contributed by atoms with Gasteiger partial charge in [0.05, 0.1) is 0 Å². The molecule has 0 aliphatic heterocycles. The summed E-state index contributed by atoms with van der Waals surface area (Å²) in [5, 5.41) is 16.0. The molecule has 11 aromatic rings. The smallest absolute Gasteiger partial charge is 0.0159 e. The van der Waals surface area contributed by atoms with Gasteiger partial charge >= 0.3 is 0 Å². The van der Waals surface area contributed by atoms with Gasteiger partial charge in [0.1, 0.15) is 0 Å². The Hall–Kier alpha value is -6.76. The summed E-state index contributed by atoms with van der Waals surface area (Å²) >= 11 is 0. The molecule has 0 aromatic heterocycles. The maximum atomic E-state index is 2.40. The van der Waals surface area contributed by atoms with Crippen LogP contribution in [-0.4, -0.2) is 0 Å². The molecule has 11 aromatic carbocycles. The van der Waals surface area contributed by atoms with E-state index in [1.165, 1.54) is 109 Å². The molecule has 286 valence electrons. The highest BCUT2D eigenvalue weighted by atomic mass is 14.4. The van der Waals surface area contributed by atoms with Crippen LogP contribution in [0.25, 0.3) is 98.0 Å². The number of hydrogen-bond acceptors (Lipinski definition) is 0. The van der Waals surface area contributed by atoms with Crippen LogP contribution in [0.2, 0.25) is 0 Å². The standard InChI is InChI=1S/C30H18.C25H20.2C2H6/c1-2-11-21-19(7-1)8-3-12-22(21)23-17-18-28-26-14-5-10-20-9-4-13-25(29(20)26)27-16-6-15-24(23)30(27)28;1-25(2)23-13-6-5-11-21(23)22-15-14-18(16-24(22)25)20-12-7-9-17-8-3-4-10-19(17)20;2*1-2/h1-18H;3-16H,1-2H3;2*1-2H3. The quantitative estimate of drug-likeness (QED) is 0.122. The SMILES string of the molecule is CC.CC.CC1(C)c2ccccc2-c2ccc(-c3cccc4ccccc34)cc21.c1ccc2c(-c3ccc4c5cccc6cccc(c7cccc3c74)c65)cccc2c1. The minimum atomic E-state index is 0.0481. The molecule has 0 radical (unpaired) electrons. The second-order valence-corrected chi connectivity index (χ2v) is 15.6. The number of rotatable bonds is 2. The zero-order valence-corrected chi connectivity index (χ0v) is 35.0. The van der Waals surface area contributed by atoms with Crippen molar-refractivity contribution in [2.24, 2.45) is 0 Å². The van der Waals surface area contributed by atoms with Crippen LogP contribution in [0.15, 0.2) is 194 Å². The predicted molar refractivity (Wildman–Crippen MR) is 260 cm³/mol. The largest absolute Gasteiger partial charge is 0.0683 e. The molecule has 0 atom stereocenters. The van der Waals surface area contributed by atoms with Crippen molar-refractivity contribution in [1.82, 2.24) is 0 Å². The van der Waals surface area contributed by atoms with E-state index in [1.54, 1.807) is 0 Å². The predicted octanol–water partition coefficient (Wildman–Crippen LogP) is 17.4. The molecule has 0 bridgehead atoms. The van der Waals surface area contributed by atoms with Crippen molar-refractivity contribution in [3.05, 3.63) is 205 Å². The molecule has 0 saturated heterocycles. The van der Waals surface area contributed by atoms with Crippen LogP contribution >= 0.6 is 0 Å². The van der Waals surface area contributed by atoms with Crippen molar-refractivity contribution in [1.29, 1.82) is 0 Å². The third kappa shape index (κ3) is 6.14. The van der Waals surface area contributed by atoms with Crippen LogP contribution in [0.1, 0.15) is 52.7 Å². The summed E-state index contributed by atoms with van der Waals surface area (Å²) in [5.41, 5.74) is 10.9. The summed E-state index contributed by atoms with van der Waals surface area (Å²) in [5.74, 6) is 0. The third-order valence-electron chi connectivity index (χ3n) is 12.3. The molecule has 1 aliphatic rings. The maximum Gasteiger partial charge on any atom is 0.0159 e. The van der Waals surface area contributed by atoms with Crippen LogP contribution in [-0.2, 0) is 5.41 Å². The Morgan fingerprint density at radius 1 is 0.271 bits per heavy atom. The van der Waals surface area contributed by atoms with Crippen molar-refractivity contribution in [2.75, 3.05) is 0 Å². The minimum absolute atomic E-state index is 0.0481. The maximum absolute atomic E-state index is 2.40. The highest BCUT2D eigenvalue weighted by molar-refractivity contribution is 6.34. The Morgan fingerprint density at radius 2 is 0.678 bits per heavy atom. The van der Waals surface area contributed by atoms with E-state index >= 15 is 0 Å². The molecule has 0 fully saturated rings. The van der Waals surface area contributed by atoms with Gasteiger partial charge in [-0.3, -0.25) is 0 Å². The molecule has 0 amide bonds. The molecule has 59 heavy (non-hydrogen) atoms. The van der Waals surface area contributed by atoms with Crippen molar-refractivity contribution in [3.63, 3.8) is 0 Å². The van der Waals surface area contributed by atoms with Crippen molar-refractivity contribution >= 4 is 64.6 Å². The lowest BCUT2D eigenvalue weighted by Gasteiger charge is -2.22. The highest BCUT2D eigenvalue weighted by Crippen LogP contribution is 2.50. The summed E-state index contributed by atoms with van der Waals surface area (Å²) in [4.78, 5) is 0. The van der Waals surface area contributed by atoms with Gasteiger partial charge in [0.2, 0.25) is 0 Å². The van der Waals surface area contributed by atoms with Crippen molar-refractivity contribution in [2.45, 2.75) is 47.0 Å². The van der Waals surface area contributed by atoms with E-state index in [1.807, 2.05) is 27.7 Å². The average molecular weight is 759 g/mol. The van der Waals surface area contributed by atoms with Gasteiger partial charge in [-0.25, -0.2) is 0 Å². The summed E-state index contributed by atoms with van der Waals surface area (Å²) in [6.07, 6.45) is 0. The third-order valence-corrected chi connectivity index (χ3v) is 12.3. The molecule has 1 aliphatic carbocycles. The molecular formula is C59H50. The lowest BCUT2D eigenvalue weighted by molar-refractivity contribution is 0.660. The summed E-state index contributed by atoms with van der Waals surface area (Å²) in [6, 6.07) is 71.1. The van der Waals surface area contributed by atoms with E-state index in [-0.39, 0.29) is 5.41 Å². The highest BCUT2D eigenvalue weighted by Gasteiger charge is 2.35. The monoisotopic (exact) mass is 758 g/mol. The first kappa shape index (κ1) is 37.8. The van der Waals surface area contributed by atoms with Gasteiger partial charge in [-0.15, -0.1) is 0 Å². The molecule has 0 spiro atoms. The van der Waals surface area contributed by atoms with Gasteiger partial charge in [-0.2, -0.15) is 0 Å². The summed E-state index contributed by atoms with van der Waals surface area (Å²) < 4.78 is 0. The van der Waals surface area contributed by atoms with Crippen LogP contribution < -0.4 is 0 Å². The molecule has 0 nitrogen and oxygen atoms in total. The van der Waals surface area contributed by atoms with Crippen molar-refractivity contribution < 1.29 is 0 Å². The molecule has 0 heterocycles. The molecule has 0 heteroatoms. The van der Waals surface area contributed by atoms with Gasteiger partial charge in [-0.1, -0.05) is 230 Å². The Kier molecular flexibility index (Phi) is 9.95. The van der Waals surface area contributed by atoms with E-state index in [4.69, 9.17) is 0 Å². The summed E-state index contributed by atoms with van der Waals surface area (Å²) in [7, 11) is 0. The lowest BCUT2D eigenvalue weighted by atomic mass is 9.81. The minimum Gasteiger partial charge on any atom is -0.0683 e. The molecule has 0 N–H and O–H groups in total. The van der Waals surface area contributed by atoms with E-state index in [0.29, 0.717) is 0 Å². The molecule has 12 rings (SSSR count).